The molecule has 0 aliphatic carbocycles. The van der Waals surface area contributed by atoms with Crippen molar-refractivity contribution < 1.29 is 23.9 Å². The predicted molar refractivity (Wildman–Crippen MR) is 144 cm³/mol. The van der Waals surface area contributed by atoms with E-state index in [-0.39, 0.29) is 32.2 Å². The molecule has 194 valence electrons. The van der Waals surface area contributed by atoms with E-state index in [1.807, 2.05) is 71.9 Å². The van der Waals surface area contributed by atoms with Gasteiger partial charge in [0, 0.05) is 5.56 Å². The molecule has 0 atom stereocenters. The zero-order chi connectivity index (χ0) is 27.1. The molecule has 37 heavy (non-hydrogen) atoms. The van der Waals surface area contributed by atoms with Crippen LogP contribution in [0.2, 0.25) is 0 Å². The van der Waals surface area contributed by atoms with Crippen molar-refractivity contribution in [1.29, 1.82) is 0 Å². The second-order valence-electron chi connectivity index (χ2n) is 9.69. The van der Waals surface area contributed by atoms with Gasteiger partial charge in [-0.3, -0.25) is 4.79 Å². The van der Waals surface area contributed by atoms with Crippen LogP contribution in [0.1, 0.15) is 64.5 Å². The van der Waals surface area contributed by atoms with Gasteiger partial charge in [0.2, 0.25) is 0 Å². The number of rotatable bonds is 9. The maximum Gasteiger partial charge on any atom is 0.338 e. The van der Waals surface area contributed by atoms with Crippen LogP contribution in [0.4, 0.5) is 0 Å². The molecule has 0 aliphatic rings. The van der Waals surface area contributed by atoms with E-state index in [2.05, 4.69) is 0 Å². The predicted octanol–water partition coefficient (Wildman–Crippen LogP) is 5.69. The summed E-state index contributed by atoms with van der Waals surface area (Å²) in [6, 6.07) is 16.7. The third kappa shape index (κ3) is 8.04. The summed E-state index contributed by atoms with van der Waals surface area (Å²) in [7, 11) is 0. The fraction of sp³-hybridized carbons (Fsp3) is 0.323. The first-order chi connectivity index (χ1) is 17.5. The van der Waals surface area contributed by atoms with E-state index in [9.17, 15) is 14.4 Å². The van der Waals surface area contributed by atoms with Crippen LogP contribution >= 0.6 is 0 Å². The van der Waals surface area contributed by atoms with Crippen molar-refractivity contribution in [2.75, 3.05) is 26.3 Å². The third-order valence-electron chi connectivity index (χ3n) is 5.86. The van der Waals surface area contributed by atoms with E-state index < -0.39 is 11.9 Å². The topological polar surface area (TPSA) is 72.9 Å². The molecule has 6 heteroatoms. The number of aryl methyl sites for hydroxylation is 6. The van der Waals surface area contributed by atoms with Crippen molar-refractivity contribution in [3.63, 3.8) is 0 Å². The molecule has 0 aromatic heterocycles. The lowest BCUT2D eigenvalue weighted by molar-refractivity contribution is 0.0362. The van der Waals surface area contributed by atoms with Gasteiger partial charge < -0.3 is 14.4 Å². The number of hydrogen-bond donors (Lipinski definition) is 0. The van der Waals surface area contributed by atoms with Crippen LogP contribution in [0.25, 0.3) is 0 Å². The second kappa shape index (κ2) is 12.3. The number of carbonyl (C=O) groups excluding carboxylic acids is 3. The van der Waals surface area contributed by atoms with Gasteiger partial charge in [-0.1, -0.05) is 51.6 Å². The molecular formula is C31H35NO5. The van der Waals surface area contributed by atoms with Gasteiger partial charge >= 0.3 is 11.9 Å². The van der Waals surface area contributed by atoms with E-state index in [1.165, 1.54) is 0 Å². The Kier molecular flexibility index (Phi) is 9.23. The molecular weight excluding hydrogens is 466 g/mol. The number of benzene rings is 3. The van der Waals surface area contributed by atoms with Crippen LogP contribution in [0.15, 0.2) is 54.6 Å². The van der Waals surface area contributed by atoms with Gasteiger partial charge in [0.25, 0.3) is 5.91 Å². The van der Waals surface area contributed by atoms with Gasteiger partial charge in [-0.25, -0.2) is 9.59 Å². The Morgan fingerprint density at radius 3 is 1.14 bits per heavy atom. The van der Waals surface area contributed by atoms with E-state index in [0.717, 1.165) is 33.4 Å². The Labute approximate surface area is 219 Å². The average molecular weight is 502 g/mol. The second-order valence-corrected chi connectivity index (χ2v) is 9.69. The molecule has 3 aromatic carbocycles. The molecule has 0 spiro atoms. The highest BCUT2D eigenvalue weighted by atomic mass is 16.5. The highest BCUT2D eigenvalue weighted by molar-refractivity contribution is 5.95. The van der Waals surface area contributed by atoms with Crippen LogP contribution in [-0.2, 0) is 9.47 Å². The summed E-state index contributed by atoms with van der Waals surface area (Å²) in [5.41, 5.74) is 7.36. The van der Waals surface area contributed by atoms with Gasteiger partial charge in [0.1, 0.15) is 13.2 Å². The summed E-state index contributed by atoms with van der Waals surface area (Å²) in [4.78, 5) is 40.1. The molecule has 0 fully saturated rings. The third-order valence-corrected chi connectivity index (χ3v) is 5.86. The van der Waals surface area contributed by atoms with Gasteiger partial charge in [0.15, 0.2) is 0 Å². The monoisotopic (exact) mass is 501 g/mol. The van der Waals surface area contributed by atoms with Gasteiger partial charge in [0.05, 0.1) is 24.2 Å². The van der Waals surface area contributed by atoms with Crippen LogP contribution in [-0.4, -0.2) is 49.0 Å². The van der Waals surface area contributed by atoms with E-state index >= 15 is 0 Å². The lowest BCUT2D eigenvalue weighted by Gasteiger charge is -2.23. The number of ether oxygens (including phenoxy) is 2. The number of amides is 1. The summed E-state index contributed by atoms with van der Waals surface area (Å²) in [5.74, 6) is -1.09. The Morgan fingerprint density at radius 1 is 0.514 bits per heavy atom. The van der Waals surface area contributed by atoms with Crippen LogP contribution < -0.4 is 0 Å². The molecule has 0 radical (unpaired) electrons. The minimum atomic E-state index is -0.438. The zero-order valence-electron chi connectivity index (χ0n) is 22.5. The van der Waals surface area contributed by atoms with Crippen LogP contribution in [0, 0.1) is 41.5 Å². The maximum atomic E-state index is 13.4. The molecule has 0 N–H and O–H groups in total. The van der Waals surface area contributed by atoms with Gasteiger partial charge in [-0.05, 0) is 77.9 Å². The smallest absolute Gasteiger partial charge is 0.338 e. The molecule has 1 amide bonds. The fourth-order valence-corrected chi connectivity index (χ4v) is 4.44. The van der Waals surface area contributed by atoms with Gasteiger partial charge in [-0.2, -0.15) is 0 Å². The molecule has 0 aliphatic heterocycles. The summed E-state index contributed by atoms with van der Waals surface area (Å²) < 4.78 is 11.0. The first kappa shape index (κ1) is 27.7. The lowest BCUT2D eigenvalue weighted by Crippen LogP contribution is -2.37. The van der Waals surface area contributed by atoms with E-state index in [0.29, 0.717) is 16.7 Å². The van der Waals surface area contributed by atoms with Crippen LogP contribution in [0.5, 0.6) is 0 Å². The van der Waals surface area contributed by atoms with Crippen molar-refractivity contribution >= 4 is 17.8 Å². The minimum absolute atomic E-state index is 0.0212. The standard InChI is InChI=1S/C31H35NO5/c1-20-11-21(2)15-26(14-20)29(33)32(7-9-36-30(34)27-16-22(3)12-23(4)17-27)8-10-37-31(35)28-18-24(5)13-25(6)19-28/h11-19H,7-10H2,1-6H3. The Hall–Kier alpha value is -3.93. The lowest BCUT2D eigenvalue weighted by atomic mass is 10.1. The highest BCUT2D eigenvalue weighted by Gasteiger charge is 2.19. The van der Waals surface area contributed by atoms with Crippen LogP contribution in [0.3, 0.4) is 0 Å². The van der Waals surface area contributed by atoms with E-state index in [4.69, 9.17) is 9.47 Å². The van der Waals surface area contributed by atoms with E-state index in [1.54, 1.807) is 29.2 Å². The van der Waals surface area contributed by atoms with Crippen molar-refractivity contribution in [1.82, 2.24) is 4.90 Å². The molecule has 0 bridgehead atoms. The summed E-state index contributed by atoms with van der Waals surface area (Å²) in [6.45, 7) is 12.0. The first-order valence-electron chi connectivity index (χ1n) is 12.4. The summed E-state index contributed by atoms with van der Waals surface area (Å²) in [6.07, 6.45) is 0. The average Bonchev–Trinajstić information content (AvgIpc) is 2.80. The molecule has 0 unspecified atom stereocenters. The summed E-state index contributed by atoms with van der Waals surface area (Å²) in [5, 5.41) is 0. The Morgan fingerprint density at radius 2 is 0.811 bits per heavy atom. The fourth-order valence-electron chi connectivity index (χ4n) is 4.44. The Bertz CT molecular complexity index is 1180. The number of carbonyl (C=O) groups is 3. The minimum Gasteiger partial charge on any atom is -0.460 e. The normalized spacial score (nSPS) is 10.6. The van der Waals surface area contributed by atoms with Crippen molar-refractivity contribution in [2.24, 2.45) is 0 Å². The zero-order valence-corrected chi connectivity index (χ0v) is 22.5. The quantitative estimate of drug-likeness (QED) is 0.352. The number of nitrogens with zero attached hydrogens (tertiary/aromatic N) is 1. The first-order valence-corrected chi connectivity index (χ1v) is 12.4. The molecule has 3 aromatic rings. The maximum absolute atomic E-state index is 13.4. The summed E-state index contributed by atoms with van der Waals surface area (Å²) >= 11 is 0. The largest absolute Gasteiger partial charge is 0.460 e. The van der Waals surface area contributed by atoms with Crippen molar-refractivity contribution in [3.05, 3.63) is 105 Å². The number of esters is 2. The van der Waals surface area contributed by atoms with Crippen molar-refractivity contribution in [3.8, 4) is 0 Å². The Balaban J connectivity index is 1.68. The molecule has 3 rings (SSSR count). The molecule has 0 saturated carbocycles. The molecule has 0 saturated heterocycles. The molecule has 6 nitrogen and oxygen atoms in total. The van der Waals surface area contributed by atoms with Gasteiger partial charge in [-0.15, -0.1) is 0 Å². The van der Waals surface area contributed by atoms with Crippen molar-refractivity contribution in [2.45, 2.75) is 41.5 Å². The highest BCUT2D eigenvalue weighted by Crippen LogP contribution is 2.14. The SMILES string of the molecule is Cc1cc(C)cc(C(=O)OCCN(CCOC(=O)c2cc(C)cc(C)c2)C(=O)c2cc(C)cc(C)c2)c1. The molecule has 0 heterocycles. The number of hydrogen-bond acceptors (Lipinski definition) is 5.